The molecule has 0 aliphatic rings. The van der Waals surface area contributed by atoms with Crippen LogP contribution >= 0.6 is 11.3 Å². The predicted octanol–water partition coefficient (Wildman–Crippen LogP) is 3.43. The summed E-state index contributed by atoms with van der Waals surface area (Å²) in [6.07, 6.45) is 2.79. The molecule has 0 fully saturated rings. The smallest absolute Gasteiger partial charge is 0.122 e. The highest BCUT2D eigenvalue weighted by molar-refractivity contribution is 7.09. The molecule has 2 atom stereocenters. The van der Waals surface area contributed by atoms with E-state index >= 15 is 0 Å². The normalized spacial score (nSPS) is 14.1. The van der Waals surface area contributed by atoms with Crippen molar-refractivity contribution in [1.29, 1.82) is 0 Å². The molecule has 0 bridgehead atoms. The Morgan fingerprint density at radius 2 is 2.11 bits per heavy atom. The average Bonchev–Trinajstić information content (AvgIpc) is 2.93. The zero-order valence-electron chi connectivity index (χ0n) is 11.6. The van der Waals surface area contributed by atoms with Crippen molar-refractivity contribution < 1.29 is 4.74 Å². The molecule has 1 N–H and O–H groups in total. The molecule has 0 radical (unpaired) electrons. The van der Waals surface area contributed by atoms with Gasteiger partial charge in [-0.1, -0.05) is 18.2 Å². The van der Waals surface area contributed by atoms with Crippen molar-refractivity contribution in [1.82, 2.24) is 10.3 Å². The van der Waals surface area contributed by atoms with E-state index in [4.69, 9.17) is 4.74 Å². The Morgan fingerprint density at radius 3 is 2.79 bits per heavy atom. The minimum Gasteiger partial charge on any atom is -0.496 e. The maximum absolute atomic E-state index is 5.39. The monoisotopic (exact) mass is 276 g/mol. The molecule has 0 saturated heterocycles. The molecule has 0 spiro atoms. The fraction of sp³-hybridized carbons (Fsp3) is 0.400. The van der Waals surface area contributed by atoms with Gasteiger partial charge in [-0.2, -0.15) is 0 Å². The van der Waals surface area contributed by atoms with Crippen LogP contribution in [0.2, 0.25) is 0 Å². The summed E-state index contributed by atoms with van der Waals surface area (Å²) in [5, 5.41) is 6.72. The number of thiazole rings is 1. The Balaban J connectivity index is 1.95. The van der Waals surface area contributed by atoms with Crippen LogP contribution in [0, 0.1) is 0 Å². The van der Waals surface area contributed by atoms with Crippen molar-refractivity contribution in [3.05, 3.63) is 46.4 Å². The van der Waals surface area contributed by atoms with Gasteiger partial charge in [0.05, 0.1) is 13.2 Å². The summed E-state index contributed by atoms with van der Waals surface area (Å²) in [6.45, 7) is 4.34. The lowest BCUT2D eigenvalue weighted by Gasteiger charge is -2.19. The lowest BCUT2D eigenvalue weighted by molar-refractivity contribution is 0.403. The van der Waals surface area contributed by atoms with Crippen LogP contribution in [0.3, 0.4) is 0 Å². The molecule has 2 unspecified atom stereocenters. The highest BCUT2D eigenvalue weighted by Crippen LogP contribution is 2.20. The van der Waals surface area contributed by atoms with Crippen molar-refractivity contribution in [3.63, 3.8) is 0 Å². The molecule has 1 heterocycles. The third kappa shape index (κ3) is 3.78. The molecule has 0 amide bonds. The first kappa shape index (κ1) is 14.0. The number of nitrogens with one attached hydrogen (secondary N) is 1. The Morgan fingerprint density at radius 1 is 1.32 bits per heavy atom. The van der Waals surface area contributed by atoms with Gasteiger partial charge in [-0.3, -0.25) is 0 Å². The van der Waals surface area contributed by atoms with Crippen LogP contribution in [0.25, 0.3) is 0 Å². The van der Waals surface area contributed by atoms with Crippen LogP contribution in [0.15, 0.2) is 35.8 Å². The number of nitrogens with zero attached hydrogens (tertiary/aromatic N) is 1. The van der Waals surface area contributed by atoms with E-state index < -0.39 is 0 Å². The van der Waals surface area contributed by atoms with Crippen LogP contribution in [-0.4, -0.2) is 18.1 Å². The maximum atomic E-state index is 5.39. The number of ether oxygens (including phenoxy) is 1. The second-order valence-corrected chi connectivity index (χ2v) is 5.60. The molecule has 1 aromatic heterocycles. The summed E-state index contributed by atoms with van der Waals surface area (Å²) < 4.78 is 5.39. The van der Waals surface area contributed by atoms with Gasteiger partial charge in [0.1, 0.15) is 10.8 Å². The van der Waals surface area contributed by atoms with Crippen LogP contribution in [-0.2, 0) is 6.42 Å². The minimum atomic E-state index is 0.282. The summed E-state index contributed by atoms with van der Waals surface area (Å²) >= 11 is 1.69. The maximum Gasteiger partial charge on any atom is 0.122 e. The van der Waals surface area contributed by atoms with Gasteiger partial charge in [-0.15, -0.1) is 11.3 Å². The van der Waals surface area contributed by atoms with Crippen LogP contribution in [0.4, 0.5) is 0 Å². The van der Waals surface area contributed by atoms with Crippen molar-refractivity contribution in [2.24, 2.45) is 0 Å². The third-order valence-corrected chi connectivity index (χ3v) is 4.03. The van der Waals surface area contributed by atoms with Crippen molar-refractivity contribution >= 4 is 11.3 Å². The second kappa shape index (κ2) is 6.68. The minimum absolute atomic E-state index is 0.282. The van der Waals surface area contributed by atoms with Gasteiger partial charge in [0.25, 0.3) is 0 Å². The number of rotatable bonds is 6. The standard InChI is InChI=1S/C15H20N2OS/c1-11(17-12(2)15-16-8-9-19-15)10-13-6-4-5-7-14(13)18-3/h4-9,11-12,17H,10H2,1-3H3. The fourth-order valence-electron chi connectivity index (χ4n) is 2.21. The Kier molecular flexibility index (Phi) is 4.93. The summed E-state index contributed by atoms with van der Waals surface area (Å²) in [7, 11) is 1.72. The third-order valence-electron chi connectivity index (χ3n) is 3.07. The molecule has 0 aliphatic carbocycles. The predicted molar refractivity (Wildman–Crippen MR) is 79.8 cm³/mol. The molecule has 4 heteroatoms. The zero-order valence-corrected chi connectivity index (χ0v) is 12.4. The topological polar surface area (TPSA) is 34.1 Å². The van der Waals surface area contributed by atoms with E-state index in [9.17, 15) is 0 Å². The van der Waals surface area contributed by atoms with Gasteiger partial charge in [0.15, 0.2) is 0 Å². The van der Waals surface area contributed by atoms with Gasteiger partial charge in [-0.05, 0) is 31.9 Å². The number of benzene rings is 1. The first-order valence-corrected chi connectivity index (χ1v) is 7.36. The van der Waals surface area contributed by atoms with Crippen LogP contribution in [0.5, 0.6) is 5.75 Å². The molecule has 2 rings (SSSR count). The van der Waals surface area contributed by atoms with Crippen LogP contribution < -0.4 is 10.1 Å². The van der Waals surface area contributed by atoms with Gasteiger partial charge in [-0.25, -0.2) is 4.98 Å². The summed E-state index contributed by atoms with van der Waals surface area (Å²) in [6, 6.07) is 8.82. The first-order chi connectivity index (χ1) is 9.20. The highest BCUT2D eigenvalue weighted by atomic mass is 32.1. The van der Waals surface area contributed by atoms with Crippen molar-refractivity contribution in [3.8, 4) is 5.75 Å². The van der Waals surface area contributed by atoms with E-state index in [-0.39, 0.29) is 6.04 Å². The molecule has 19 heavy (non-hydrogen) atoms. The molecule has 102 valence electrons. The molecule has 0 saturated carbocycles. The summed E-state index contributed by atoms with van der Waals surface area (Å²) in [5.74, 6) is 0.957. The Hall–Kier alpha value is -1.39. The van der Waals surface area contributed by atoms with Crippen LogP contribution in [0.1, 0.15) is 30.5 Å². The number of aromatic nitrogens is 1. The quantitative estimate of drug-likeness (QED) is 0.877. The largest absolute Gasteiger partial charge is 0.496 e. The summed E-state index contributed by atoms with van der Waals surface area (Å²) in [4.78, 5) is 4.34. The van der Waals surface area contributed by atoms with E-state index in [1.165, 1.54) is 5.56 Å². The SMILES string of the molecule is COc1ccccc1CC(C)NC(C)c1nccs1. The Labute approximate surface area is 118 Å². The molecule has 0 aliphatic heterocycles. The van der Waals surface area contributed by atoms with E-state index in [2.05, 4.69) is 36.3 Å². The lowest BCUT2D eigenvalue weighted by atomic mass is 10.1. The van der Waals surface area contributed by atoms with Crippen molar-refractivity contribution in [2.75, 3.05) is 7.11 Å². The number of hydrogen-bond donors (Lipinski definition) is 1. The Bertz CT molecular complexity index is 499. The van der Waals surface area contributed by atoms with E-state index in [0.29, 0.717) is 6.04 Å². The molecular formula is C15H20N2OS. The van der Waals surface area contributed by atoms with Gasteiger partial charge < -0.3 is 10.1 Å². The first-order valence-electron chi connectivity index (χ1n) is 6.48. The van der Waals surface area contributed by atoms with Gasteiger partial charge in [0.2, 0.25) is 0 Å². The zero-order chi connectivity index (χ0) is 13.7. The fourth-order valence-corrected chi connectivity index (χ4v) is 2.86. The average molecular weight is 276 g/mol. The second-order valence-electron chi connectivity index (χ2n) is 4.68. The molecule has 3 nitrogen and oxygen atoms in total. The highest BCUT2D eigenvalue weighted by Gasteiger charge is 2.13. The van der Waals surface area contributed by atoms with Gasteiger partial charge in [0, 0.05) is 17.6 Å². The summed E-state index contributed by atoms with van der Waals surface area (Å²) in [5.41, 5.74) is 1.23. The van der Waals surface area contributed by atoms with Crippen molar-refractivity contribution in [2.45, 2.75) is 32.4 Å². The molecule has 1 aromatic carbocycles. The van der Waals surface area contributed by atoms with E-state index in [1.54, 1.807) is 18.4 Å². The molecular weight excluding hydrogens is 256 g/mol. The number of methoxy groups -OCH3 is 1. The molecule has 2 aromatic rings. The van der Waals surface area contributed by atoms with E-state index in [0.717, 1.165) is 17.2 Å². The number of hydrogen-bond acceptors (Lipinski definition) is 4. The van der Waals surface area contributed by atoms with Gasteiger partial charge >= 0.3 is 0 Å². The van der Waals surface area contributed by atoms with E-state index in [1.807, 2.05) is 23.7 Å². The number of para-hydroxylation sites is 1. The lowest BCUT2D eigenvalue weighted by Crippen LogP contribution is -2.30.